The summed E-state index contributed by atoms with van der Waals surface area (Å²) >= 11 is 0. The van der Waals surface area contributed by atoms with E-state index in [1.165, 1.54) is 0 Å². The largest absolute Gasteiger partial charge is 0.449 e. The van der Waals surface area contributed by atoms with Crippen LogP contribution in [-0.4, -0.2) is 78.1 Å². The zero-order chi connectivity index (χ0) is 30.3. The van der Waals surface area contributed by atoms with Crippen molar-refractivity contribution in [2.24, 2.45) is 17.8 Å². The Morgan fingerprint density at radius 2 is 1.17 bits per heavy atom. The number of carbonyl (C=O) groups is 2. The van der Waals surface area contributed by atoms with Crippen LogP contribution in [-0.2, 0) is 28.5 Å². The van der Waals surface area contributed by atoms with Crippen LogP contribution in [0, 0.1) is 58.7 Å². The van der Waals surface area contributed by atoms with Gasteiger partial charge in [0.2, 0.25) is 34.8 Å². The van der Waals surface area contributed by atoms with Gasteiger partial charge in [-0.05, 0) is 30.6 Å². The van der Waals surface area contributed by atoms with Crippen molar-refractivity contribution >= 4 is 12.1 Å². The monoisotopic (exact) mass is 607 g/mol. The number of esters is 1. The molecule has 1 saturated carbocycles. The van der Waals surface area contributed by atoms with E-state index in [4.69, 9.17) is 23.7 Å². The van der Waals surface area contributed by atoms with Gasteiger partial charge in [0.25, 0.3) is 0 Å². The van der Waals surface area contributed by atoms with Gasteiger partial charge < -0.3 is 33.7 Å². The quantitative estimate of drug-likeness (QED) is 0.0510. The molecule has 0 radical (unpaired) electrons. The Morgan fingerprint density at radius 3 is 1.71 bits per heavy atom. The highest BCUT2D eigenvalue weighted by Crippen LogP contribution is 2.52. The highest BCUT2D eigenvalue weighted by Gasteiger charge is 2.49. The molecule has 1 aromatic rings. The van der Waals surface area contributed by atoms with Gasteiger partial charge in [-0.3, -0.25) is 4.79 Å². The van der Waals surface area contributed by atoms with Crippen molar-refractivity contribution in [2.45, 2.75) is 32.1 Å². The number of nitrogens with one attached hydrogen (secondary N) is 1. The number of hydrogen-bond donors (Lipinski definition) is 1. The molecule has 9 nitrogen and oxygen atoms in total. The maximum atomic E-state index is 13.5. The minimum Gasteiger partial charge on any atom is -0.449 e. The van der Waals surface area contributed by atoms with Crippen LogP contribution in [0.5, 0.6) is 5.75 Å². The number of halogens is 5. The molecule has 2 aliphatic rings. The Bertz CT molecular complexity index is 1060. The van der Waals surface area contributed by atoms with Crippen molar-refractivity contribution in [1.29, 1.82) is 0 Å². The van der Waals surface area contributed by atoms with Crippen molar-refractivity contribution < 1.29 is 60.0 Å². The normalized spacial score (nSPS) is 19.1. The molecule has 2 aliphatic carbocycles. The predicted molar refractivity (Wildman–Crippen MR) is 136 cm³/mol. The fourth-order valence-corrected chi connectivity index (χ4v) is 4.49. The average Bonchev–Trinajstić information content (AvgIpc) is 3.62. The van der Waals surface area contributed by atoms with Gasteiger partial charge in [0, 0.05) is 19.4 Å². The summed E-state index contributed by atoms with van der Waals surface area (Å²) < 4.78 is 97.0. The van der Waals surface area contributed by atoms with Crippen LogP contribution in [0.3, 0.4) is 0 Å². The molecule has 42 heavy (non-hydrogen) atoms. The maximum Gasteiger partial charge on any atom is 0.407 e. The fraction of sp³-hybridized carbons (Fsp3) is 0.643. The first-order valence-electron chi connectivity index (χ1n) is 13.7. The van der Waals surface area contributed by atoms with E-state index in [9.17, 15) is 31.5 Å². The van der Waals surface area contributed by atoms with E-state index in [1.54, 1.807) is 0 Å². The van der Waals surface area contributed by atoms with Gasteiger partial charge >= 0.3 is 12.1 Å². The first kappa shape index (κ1) is 33.5. The Morgan fingerprint density at radius 1 is 0.690 bits per heavy atom. The van der Waals surface area contributed by atoms with E-state index < -0.39 is 53.3 Å². The zero-order valence-corrected chi connectivity index (χ0v) is 23.0. The second-order valence-corrected chi connectivity index (χ2v) is 9.52. The number of rotatable bonds is 18. The molecule has 1 amide bonds. The van der Waals surface area contributed by atoms with Gasteiger partial charge in [-0.15, -0.1) is 11.8 Å². The topological polar surface area (TPSA) is 102 Å². The minimum atomic E-state index is -2.35. The molecule has 1 fully saturated rings. The average molecular weight is 608 g/mol. The van der Waals surface area contributed by atoms with Gasteiger partial charge in [0.15, 0.2) is 0 Å². The molecule has 1 unspecified atom stereocenters. The predicted octanol–water partition coefficient (Wildman–Crippen LogP) is 3.91. The third-order valence-corrected chi connectivity index (χ3v) is 6.71. The Labute approximate surface area is 240 Å². The molecule has 0 spiro atoms. The van der Waals surface area contributed by atoms with E-state index in [1.807, 2.05) is 0 Å². The standard InChI is InChI=1S/C28H34F5NO8/c29-22-23(30)25(32)27(26(33)24(22)31)42-21(35)7-9-37-11-13-39-15-16-40-14-12-38-10-8-34-28(36)41-17-20-18-5-3-1-2-4-6-19(18)20/h18-20H,3-17H2,(H,34,36)/t18-,19+,20?. The number of hydrogen-bond acceptors (Lipinski definition) is 8. The molecular formula is C28H34F5NO8. The molecule has 3 rings (SSSR count). The van der Waals surface area contributed by atoms with E-state index in [0.717, 1.165) is 25.7 Å². The Balaban J connectivity index is 1.07. The zero-order valence-electron chi connectivity index (χ0n) is 23.0. The molecule has 3 atom stereocenters. The van der Waals surface area contributed by atoms with Crippen LogP contribution in [0.1, 0.15) is 32.1 Å². The summed E-state index contributed by atoms with van der Waals surface area (Å²) in [6.45, 7) is 2.28. The Hall–Kier alpha value is -2.99. The molecule has 0 bridgehead atoms. The van der Waals surface area contributed by atoms with Crippen molar-refractivity contribution in [3.05, 3.63) is 29.1 Å². The first-order valence-corrected chi connectivity index (χ1v) is 13.7. The summed E-state index contributed by atoms with van der Waals surface area (Å²) in [5.41, 5.74) is 0. The molecule has 0 aliphatic heterocycles. The molecule has 1 aromatic carbocycles. The van der Waals surface area contributed by atoms with E-state index >= 15 is 0 Å². The lowest BCUT2D eigenvalue weighted by molar-refractivity contribution is -0.136. The molecule has 234 valence electrons. The number of alkyl carbamates (subject to hydrolysis) is 1. The van der Waals surface area contributed by atoms with Crippen LogP contribution in [0.4, 0.5) is 26.7 Å². The number of amides is 1. The first-order chi connectivity index (χ1) is 20.3. The smallest absolute Gasteiger partial charge is 0.407 e. The van der Waals surface area contributed by atoms with Crippen molar-refractivity contribution in [3.8, 4) is 17.6 Å². The number of ether oxygens (including phenoxy) is 6. The van der Waals surface area contributed by atoms with Crippen molar-refractivity contribution in [1.82, 2.24) is 5.32 Å². The fourth-order valence-electron chi connectivity index (χ4n) is 4.49. The minimum absolute atomic E-state index is 0.0745. The van der Waals surface area contributed by atoms with Gasteiger partial charge in [0.05, 0.1) is 65.9 Å². The number of fused-ring (bicyclic) bond motifs is 1. The third kappa shape index (κ3) is 10.7. The molecule has 0 heterocycles. The lowest BCUT2D eigenvalue weighted by Crippen LogP contribution is -2.29. The van der Waals surface area contributed by atoms with Crippen LogP contribution in [0.15, 0.2) is 0 Å². The second kappa shape index (κ2) is 17.8. The lowest BCUT2D eigenvalue weighted by Gasteiger charge is -2.09. The number of carbonyl (C=O) groups excluding carboxylic acids is 2. The molecule has 0 saturated heterocycles. The van der Waals surface area contributed by atoms with Crippen molar-refractivity contribution in [3.63, 3.8) is 0 Å². The maximum absolute atomic E-state index is 13.5. The number of benzene rings is 1. The highest BCUT2D eigenvalue weighted by molar-refractivity contribution is 5.72. The molecule has 1 N–H and O–H groups in total. The summed E-state index contributed by atoms with van der Waals surface area (Å²) in [6.07, 6.45) is 3.07. The van der Waals surface area contributed by atoms with Gasteiger partial charge in [-0.25, -0.2) is 18.0 Å². The van der Waals surface area contributed by atoms with Gasteiger partial charge in [-0.2, -0.15) is 8.78 Å². The SMILES string of the molecule is O=C(CCOCCOCCOCCOCCNC(=O)OCC1[C@H]2CCC#CCC[C@@H]12)Oc1c(F)c(F)c(F)c(F)c1F. The molecular weight excluding hydrogens is 573 g/mol. The van der Waals surface area contributed by atoms with E-state index in [0.29, 0.717) is 50.7 Å². The van der Waals surface area contributed by atoms with Crippen LogP contribution in [0.2, 0.25) is 0 Å². The lowest BCUT2D eigenvalue weighted by atomic mass is 10.1. The van der Waals surface area contributed by atoms with Gasteiger partial charge in [0.1, 0.15) is 0 Å². The summed E-state index contributed by atoms with van der Waals surface area (Å²) in [5.74, 6) is -6.13. The Kier molecular flexibility index (Phi) is 14.2. The second-order valence-electron chi connectivity index (χ2n) is 9.52. The third-order valence-electron chi connectivity index (χ3n) is 6.71. The molecule has 14 heteroatoms. The van der Waals surface area contributed by atoms with Gasteiger partial charge in [-0.1, -0.05) is 0 Å². The van der Waals surface area contributed by atoms with Crippen LogP contribution >= 0.6 is 0 Å². The van der Waals surface area contributed by atoms with Crippen LogP contribution in [0.25, 0.3) is 0 Å². The van der Waals surface area contributed by atoms with E-state index in [-0.39, 0.29) is 33.0 Å². The highest BCUT2D eigenvalue weighted by atomic mass is 19.2. The summed E-state index contributed by atoms with van der Waals surface area (Å²) in [4.78, 5) is 23.5. The van der Waals surface area contributed by atoms with Crippen molar-refractivity contribution in [2.75, 3.05) is 66.0 Å². The summed E-state index contributed by atoms with van der Waals surface area (Å²) in [6, 6.07) is 0. The molecule has 0 aromatic heterocycles. The summed E-state index contributed by atoms with van der Waals surface area (Å²) in [5, 5.41) is 2.66. The van der Waals surface area contributed by atoms with E-state index in [2.05, 4.69) is 21.9 Å². The van der Waals surface area contributed by atoms with Crippen LogP contribution < -0.4 is 10.1 Å². The summed E-state index contributed by atoms with van der Waals surface area (Å²) in [7, 11) is 0.